The summed E-state index contributed by atoms with van der Waals surface area (Å²) < 4.78 is 0. The molecule has 2 aliphatic rings. The second kappa shape index (κ2) is 2.97. The second-order valence-electron chi connectivity index (χ2n) is 3.19. The molecule has 1 aliphatic heterocycles. The van der Waals surface area contributed by atoms with Gasteiger partial charge in [-0.2, -0.15) is 0 Å². The minimum Gasteiger partial charge on any atom is -0.362 e. The number of hydrogen-bond acceptors (Lipinski definition) is 2. The lowest BCUT2D eigenvalue weighted by Crippen LogP contribution is -2.07. The van der Waals surface area contributed by atoms with Crippen molar-refractivity contribution in [3.63, 3.8) is 0 Å². The first-order chi connectivity index (χ1) is 5.86. The van der Waals surface area contributed by atoms with Crippen molar-refractivity contribution in [1.82, 2.24) is 5.32 Å². The lowest BCUT2D eigenvalue weighted by molar-refractivity contribution is 1.09. The van der Waals surface area contributed by atoms with E-state index in [0.29, 0.717) is 5.92 Å². The van der Waals surface area contributed by atoms with Crippen molar-refractivity contribution in [2.75, 3.05) is 0 Å². The van der Waals surface area contributed by atoms with Gasteiger partial charge in [-0.25, -0.2) is 0 Å². The molecule has 1 fully saturated rings. The summed E-state index contributed by atoms with van der Waals surface area (Å²) in [5.74, 6) is 0.540. The van der Waals surface area contributed by atoms with Crippen molar-refractivity contribution in [2.45, 2.75) is 12.8 Å². The van der Waals surface area contributed by atoms with Crippen molar-refractivity contribution in [3.8, 4) is 0 Å². The highest BCUT2D eigenvalue weighted by atomic mass is 14.8. The Morgan fingerprint density at radius 2 is 2.33 bits per heavy atom. The van der Waals surface area contributed by atoms with E-state index in [-0.39, 0.29) is 0 Å². The third kappa shape index (κ3) is 1.64. The Hall–Kier alpha value is -1.31. The average Bonchev–Trinajstić information content (AvgIpc) is 2.88. The summed E-state index contributed by atoms with van der Waals surface area (Å²) in [5.41, 5.74) is 1.78. The van der Waals surface area contributed by atoms with Gasteiger partial charge < -0.3 is 10.7 Å². The predicted molar refractivity (Wildman–Crippen MR) is 49.9 cm³/mol. The van der Waals surface area contributed by atoms with Crippen molar-refractivity contribution in [1.29, 1.82) is 5.41 Å². The van der Waals surface area contributed by atoms with Gasteiger partial charge in [-0.1, -0.05) is 6.08 Å². The largest absolute Gasteiger partial charge is 0.362 e. The van der Waals surface area contributed by atoms with E-state index < -0.39 is 0 Å². The zero-order valence-electron chi connectivity index (χ0n) is 6.88. The molecule has 2 heteroatoms. The summed E-state index contributed by atoms with van der Waals surface area (Å²) in [7, 11) is 0. The maximum atomic E-state index is 7.67. The van der Waals surface area contributed by atoms with E-state index in [1.165, 1.54) is 12.8 Å². The SMILES string of the molecule is N=C(/C=C1/C=CC=CN1)C1CC1. The molecular formula is C10H12N2. The number of hydrogen-bond donors (Lipinski definition) is 2. The van der Waals surface area contributed by atoms with Crippen LogP contribution in [0.4, 0.5) is 0 Å². The van der Waals surface area contributed by atoms with Gasteiger partial charge in [-0.05, 0) is 31.1 Å². The molecule has 2 N–H and O–H groups in total. The van der Waals surface area contributed by atoms with Crippen LogP contribution in [0.2, 0.25) is 0 Å². The lowest BCUT2D eigenvalue weighted by atomic mass is 10.2. The maximum Gasteiger partial charge on any atom is 0.0397 e. The third-order valence-corrected chi connectivity index (χ3v) is 2.06. The molecule has 0 aromatic heterocycles. The fourth-order valence-electron chi connectivity index (χ4n) is 1.18. The van der Waals surface area contributed by atoms with Gasteiger partial charge >= 0.3 is 0 Å². The number of rotatable bonds is 2. The van der Waals surface area contributed by atoms with Gasteiger partial charge in [0.05, 0.1) is 0 Å². The first-order valence-electron chi connectivity index (χ1n) is 4.26. The van der Waals surface area contributed by atoms with Crippen molar-refractivity contribution in [3.05, 3.63) is 36.2 Å². The van der Waals surface area contributed by atoms with Crippen LogP contribution in [0, 0.1) is 11.3 Å². The van der Waals surface area contributed by atoms with Crippen LogP contribution in [0.15, 0.2) is 36.2 Å². The molecule has 0 bridgehead atoms. The van der Waals surface area contributed by atoms with Crippen LogP contribution in [0.25, 0.3) is 0 Å². The molecule has 0 aromatic carbocycles. The summed E-state index contributed by atoms with van der Waals surface area (Å²) in [5, 5.41) is 10.8. The minimum absolute atomic E-state index is 0.540. The number of nitrogens with one attached hydrogen (secondary N) is 2. The van der Waals surface area contributed by atoms with Gasteiger partial charge in [0.25, 0.3) is 0 Å². The van der Waals surface area contributed by atoms with Crippen molar-refractivity contribution in [2.24, 2.45) is 5.92 Å². The Bertz CT molecular complexity index is 280. The summed E-state index contributed by atoms with van der Waals surface area (Å²) in [6, 6.07) is 0. The van der Waals surface area contributed by atoms with E-state index in [0.717, 1.165) is 11.4 Å². The number of dihydropyridines is 1. The predicted octanol–water partition coefficient (Wildman–Crippen LogP) is 1.97. The maximum absolute atomic E-state index is 7.67. The molecule has 0 aromatic rings. The lowest BCUT2D eigenvalue weighted by Gasteiger charge is -2.04. The van der Waals surface area contributed by atoms with Gasteiger partial charge in [0, 0.05) is 23.5 Å². The molecule has 0 saturated heterocycles. The molecule has 2 rings (SSSR count). The molecule has 1 saturated carbocycles. The quantitative estimate of drug-likeness (QED) is 0.595. The molecule has 2 nitrogen and oxygen atoms in total. The van der Waals surface area contributed by atoms with Crippen LogP contribution in [-0.4, -0.2) is 5.71 Å². The summed E-state index contributed by atoms with van der Waals surface area (Å²) in [6.45, 7) is 0. The Morgan fingerprint density at radius 1 is 1.50 bits per heavy atom. The average molecular weight is 160 g/mol. The molecule has 0 amide bonds. The van der Waals surface area contributed by atoms with Gasteiger partial charge in [-0.3, -0.25) is 0 Å². The van der Waals surface area contributed by atoms with Crippen LogP contribution in [-0.2, 0) is 0 Å². The standard InChI is InChI=1S/C10H12N2/c11-10(8-4-5-8)7-9-3-1-2-6-12-9/h1-3,6-8,11-12H,4-5H2/b9-7-,11-10?. The number of allylic oxidation sites excluding steroid dienone is 4. The molecule has 0 unspecified atom stereocenters. The van der Waals surface area contributed by atoms with E-state index in [1.54, 1.807) is 0 Å². The summed E-state index contributed by atoms with van der Waals surface area (Å²) >= 11 is 0. The van der Waals surface area contributed by atoms with E-state index in [9.17, 15) is 0 Å². The van der Waals surface area contributed by atoms with Gasteiger partial charge in [0.15, 0.2) is 0 Å². The smallest absolute Gasteiger partial charge is 0.0397 e. The molecule has 1 aliphatic carbocycles. The van der Waals surface area contributed by atoms with Crippen molar-refractivity contribution < 1.29 is 0 Å². The molecule has 0 radical (unpaired) electrons. The molecule has 1 heterocycles. The molecule has 12 heavy (non-hydrogen) atoms. The van der Waals surface area contributed by atoms with E-state index in [2.05, 4.69) is 5.32 Å². The minimum atomic E-state index is 0.540. The van der Waals surface area contributed by atoms with Crippen LogP contribution >= 0.6 is 0 Å². The fourth-order valence-corrected chi connectivity index (χ4v) is 1.18. The third-order valence-electron chi connectivity index (χ3n) is 2.06. The molecule has 0 spiro atoms. The monoisotopic (exact) mass is 160 g/mol. The normalized spacial score (nSPS) is 24.2. The molecule has 0 atom stereocenters. The van der Waals surface area contributed by atoms with Crippen LogP contribution < -0.4 is 5.32 Å². The first kappa shape index (κ1) is 7.35. The first-order valence-corrected chi connectivity index (χ1v) is 4.26. The summed E-state index contributed by atoms with van der Waals surface area (Å²) in [4.78, 5) is 0. The summed E-state index contributed by atoms with van der Waals surface area (Å²) in [6.07, 6.45) is 12.1. The second-order valence-corrected chi connectivity index (χ2v) is 3.19. The van der Waals surface area contributed by atoms with Crippen molar-refractivity contribution >= 4 is 5.71 Å². The van der Waals surface area contributed by atoms with E-state index in [1.807, 2.05) is 30.5 Å². The Labute approximate surface area is 72.2 Å². The molecule has 62 valence electrons. The topological polar surface area (TPSA) is 35.9 Å². The van der Waals surface area contributed by atoms with Crippen LogP contribution in [0.5, 0.6) is 0 Å². The highest BCUT2D eigenvalue weighted by Gasteiger charge is 2.24. The van der Waals surface area contributed by atoms with E-state index >= 15 is 0 Å². The van der Waals surface area contributed by atoms with E-state index in [4.69, 9.17) is 5.41 Å². The van der Waals surface area contributed by atoms with Crippen LogP contribution in [0.3, 0.4) is 0 Å². The zero-order chi connectivity index (χ0) is 8.39. The van der Waals surface area contributed by atoms with Crippen LogP contribution in [0.1, 0.15) is 12.8 Å². The Morgan fingerprint density at radius 3 is 2.92 bits per heavy atom. The Balaban J connectivity index is 2.02. The Kier molecular flexibility index (Phi) is 1.82. The van der Waals surface area contributed by atoms with Gasteiger partial charge in [0.1, 0.15) is 0 Å². The highest BCUT2D eigenvalue weighted by molar-refractivity contribution is 5.96. The zero-order valence-corrected chi connectivity index (χ0v) is 6.88. The van der Waals surface area contributed by atoms with Gasteiger partial charge in [-0.15, -0.1) is 0 Å². The van der Waals surface area contributed by atoms with Gasteiger partial charge in [0.2, 0.25) is 0 Å². The molecular weight excluding hydrogens is 148 g/mol. The highest BCUT2D eigenvalue weighted by Crippen LogP contribution is 2.30. The fraction of sp³-hybridized carbons (Fsp3) is 0.300.